The van der Waals surface area contributed by atoms with Crippen molar-refractivity contribution in [2.75, 3.05) is 5.32 Å². The highest BCUT2D eigenvalue weighted by Crippen LogP contribution is 2.30. The number of aliphatic hydroxyl groups excluding tert-OH is 1. The van der Waals surface area contributed by atoms with Gasteiger partial charge in [-0.25, -0.2) is 9.48 Å². The van der Waals surface area contributed by atoms with Gasteiger partial charge in [0.2, 0.25) is 0 Å². The normalized spacial score (nSPS) is 15.9. The SMILES string of the molecule is CC(C)(C)c1cc(NC(=O)NC2CCCc3ccccc32)n(-c2ccc(CO)cc2)n1. The zero-order valence-corrected chi connectivity index (χ0v) is 18.4. The van der Waals surface area contributed by atoms with Crippen LogP contribution in [0.15, 0.2) is 54.6 Å². The van der Waals surface area contributed by atoms with E-state index in [9.17, 15) is 9.90 Å². The van der Waals surface area contributed by atoms with E-state index in [1.165, 1.54) is 11.1 Å². The minimum Gasteiger partial charge on any atom is -0.392 e. The van der Waals surface area contributed by atoms with Crippen molar-refractivity contribution in [3.05, 3.63) is 77.0 Å². The average Bonchev–Trinajstić information content (AvgIpc) is 3.18. The van der Waals surface area contributed by atoms with E-state index in [0.717, 1.165) is 36.2 Å². The van der Waals surface area contributed by atoms with Gasteiger partial charge in [-0.1, -0.05) is 57.2 Å². The maximum atomic E-state index is 12.9. The fourth-order valence-electron chi connectivity index (χ4n) is 3.99. The maximum Gasteiger partial charge on any atom is 0.320 e. The number of nitrogens with zero attached hydrogens (tertiary/aromatic N) is 2. The number of aryl methyl sites for hydroxylation is 1. The number of urea groups is 1. The van der Waals surface area contributed by atoms with Gasteiger partial charge in [-0.15, -0.1) is 0 Å². The Labute approximate surface area is 183 Å². The molecule has 3 aromatic rings. The predicted molar refractivity (Wildman–Crippen MR) is 122 cm³/mol. The van der Waals surface area contributed by atoms with Crippen LogP contribution in [-0.4, -0.2) is 20.9 Å². The van der Waals surface area contributed by atoms with Gasteiger partial charge in [-0.2, -0.15) is 5.10 Å². The number of fused-ring (bicyclic) bond motifs is 1. The number of nitrogens with one attached hydrogen (secondary N) is 2. The Morgan fingerprint density at radius 2 is 1.90 bits per heavy atom. The van der Waals surface area contributed by atoms with E-state index in [4.69, 9.17) is 5.10 Å². The Morgan fingerprint density at radius 3 is 2.61 bits per heavy atom. The van der Waals surface area contributed by atoms with Crippen LogP contribution in [0, 0.1) is 0 Å². The zero-order valence-electron chi connectivity index (χ0n) is 18.4. The van der Waals surface area contributed by atoms with Crippen LogP contribution in [0.5, 0.6) is 0 Å². The monoisotopic (exact) mass is 418 g/mol. The smallest absolute Gasteiger partial charge is 0.320 e. The molecule has 1 atom stereocenters. The standard InChI is InChI=1S/C25H30N4O2/c1-25(2,3)22-15-23(29(28-22)19-13-11-17(16-30)12-14-19)27-24(31)26-21-10-6-8-18-7-4-5-9-20(18)21/h4-5,7,9,11-15,21,30H,6,8,10,16H2,1-3H3,(H2,26,27,31). The molecule has 0 aliphatic heterocycles. The van der Waals surface area contributed by atoms with Crippen molar-refractivity contribution < 1.29 is 9.90 Å². The summed E-state index contributed by atoms with van der Waals surface area (Å²) in [5, 5.41) is 20.2. The second-order valence-electron chi connectivity index (χ2n) is 9.14. The molecule has 0 radical (unpaired) electrons. The highest BCUT2D eigenvalue weighted by atomic mass is 16.3. The van der Waals surface area contributed by atoms with Gasteiger partial charge in [-0.05, 0) is 48.1 Å². The van der Waals surface area contributed by atoms with Crippen molar-refractivity contribution in [2.45, 2.75) is 58.1 Å². The van der Waals surface area contributed by atoms with Crippen LogP contribution >= 0.6 is 0 Å². The topological polar surface area (TPSA) is 79.2 Å². The van der Waals surface area contributed by atoms with Gasteiger partial charge in [0, 0.05) is 11.5 Å². The molecule has 1 unspecified atom stereocenters. The third-order valence-corrected chi connectivity index (χ3v) is 5.76. The molecule has 3 N–H and O–H groups in total. The summed E-state index contributed by atoms with van der Waals surface area (Å²) >= 11 is 0. The Hall–Kier alpha value is -3.12. The molecule has 0 spiro atoms. The predicted octanol–water partition coefficient (Wildman–Crippen LogP) is 4.86. The van der Waals surface area contributed by atoms with Gasteiger partial charge in [0.25, 0.3) is 0 Å². The van der Waals surface area contributed by atoms with Crippen LogP contribution in [0.1, 0.15) is 62.0 Å². The van der Waals surface area contributed by atoms with Crippen LogP contribution in [0.3, 0.4) is 0 Å². The molecule has 1 aliphatic carbocycles. The first kappa shape index (κ1) is 21.1. The molecule has 1 heterocycles. The highest BCUT2D eigenvalue weighted by Gasteiger charge is 2.24. The van der Waals surface area contributed by atoms with Gasteiger partial charge in [-0.3, -0.25) is 5.32 Å². The Bertz CT molecular complexity index is 1060. The number of aromatic nitrogens is 2. The minimum absolute atomic E-state index is 0.00671. The summed E-state index contributed by atoms with van der Waals surface area (Å²) < 4.78 is 1.75. The molecule has 0 saturated heterocycles. The van der Waals surface area contributed by atoms with E-state index in [1.54, 1.807) is 4.68 Å². The van der Waals surface area contributed by atoms with Crippen LogP contribution in [0.4, 0.5) is 10.6 Å². The minimum atomic E-state index is -0.240. The van der Waals surface area contributed by atoms with Crippen LogP contribution < -0.4 is 10.6 Å². The molecular formula is C25H30N4O2. The fraction of sp³-hybridized carbons (Fsp3) is 0.360. The maximum absolute atomic E-state index is 12.9. The van der Waals surface area contributed by atoms with E-state index < -0.39 is 0 Å². The molecule has 0 saturated carbocycles. The molecule has 6 nitrogen and oxygen atoms in total. The largest absolute Gasteiger partial charge is 0.392 e. The summed E-state index contributed by atoms with van der Waals surface area (Å²) in [7, 11) is 0. The molecule has 1 aliphatic rings. The van der Waals surface area contributed by atoms with E-state index in [-0.39, 0.29) is 24.1 Å². The number of anilines is 1. The summed E-state index contributed by atoms with van der Waals surface area (Å²) in [5.74, 6) is 0.614. The number of rotatable bonds is 4. The number of aliphatic hydroxyl groups is 1. The van der Waals surface area contributed by atoms with Gasteiger partial charge >= 0.3 is 6.03 Å². The van der Waals surface area contributed by atoms with Crippen LogP contribution in [-0.2, 0) is 18.4 Å². The van der Waals surface area contributed by atoms with Crippen molar-refractivity contribution in [1.82, 2.24) is 15.1 Å². The lowest BCUT2D eigenvalue weighted by atomic mass is 9.88. The lowest BCUT2D eigenvalue weighted by molar-refractivity contribution is 0.247. The van der Waals surface area contributed by atoms with Gasteiger partial charge < -0.3 is 10.4 Å². The van der Waals surface area contributed by atoms with Crippen molar-refractivity contribution in [1.29, 1.82) is 0 Å². The van der Waals surface area contributed by atoms with Crippen LogP contribution in [0.25, 0.3) is 5.69 Å². The van der Waals surface area contributed by atoms with Gasteiger partial charge in [0.15, 0.2) is 0 Å². The summed E-state index contributed by atoms with van der Waals surface area (Å²) in [6.45, 7) is 6.27. The van der Waals surface area contributed by atoms with Crippen molar-refractivity contribution in [2.24, 2.45) is 0 Å². The van der Waals surface area contributed by atoms with Crippen molar-refractivity contribution >= 4 is 11.8 Å². The van der Waals surface area contributed by atoms with E-state index >= 15 is 0 Å². The van der Waals surface area contributed by atoms with E-state index in [0.29, 0.717) is 5.82 Å². The molecule has 2 amide bonds. The quantitative estimate of drug-likeness (QED) is 0.566. The summed E-state index contributed by atoms with van der Waals surface area (Å²) in [4.78, 5) is 12.9. The molecule has 0 fully saturated rings. The van der Waals surface area contributed by atoms with Crippen molar-refractivity contribution in [3.8, 4) is 5.69 Å². The van der Waals surface area contributed by atoms with E-state index in [1.807, 2.05) is 36.4 Å². The first-order chi connectivity index (χ1) is 14.8. The number of hydrogen-bond donors (Lipinski definition) is 3. The lowest BCUT2D eigenvalue weighted by Gasteiger charge is -2.26. The second kappa shape index (κ2) is 8.55. The number of amides is 2. The third-order valence-electron chi connectivity index (χ3n) is 5.76. The Balaban J connectivity index is 1.58. The first-order valence-corrected chi connectivity index (χ1v) is 10.8. The summed E-state index contributed by atoms with van der Waals surface area (Å²) in [6, 6.07) is 17.5. The number of hydrogen-bond acceptors (Lipinski definition) is 3. The van der Waals surface area contributed by atoms with Crippen LogP contribution in [0.2, 0.25) is 0 Å². The molecule has 6 heteroatoms. The number of carbonyl (C=O) groups excluding carboxylic acids is 1. The Kier molecular flexibility index (Phi) is 5.83. The van der Waals surface area contributed by atoms with Crippen molar-refractivity contribution in [3.63, 3.8) is 0 Å². The lowest BCUT2D eigenvalue weighted by Crippen LogP contribution is -2.34. The molecule has 162 valence electrons. The molecule has 0 bridgehead atoms. The molecule has 4 rings (SSSR count). The number of carbonyl (C=O) groups is 1. The van der Waals surface area contributed by atoms with Gasteiger partial charge in [0.05, 0.1) is 24.0 Å². The van der Waals surface area contributed by atoms with Gasteiger partial charge in [0.1, 0.15) is 5.82 Å². The van der Waals surface area contributed by atoms with E-state index in [2.05, 4.69) is 49.6 Å². The summed E-state index contributed by atoms with van der Waals surface area (Å²) in [5.41, 5.74) is 4.89. The molecular weight excluding hydrogens is 388 g/mol. The zero-order chi connectivity index (χ0) is 22.0. The molecule has 1 aromatic heterocycles. The fourth-order valence-corrected chi connectivity index (χ4v) is 3.99. The number of benzene rings is 2. The Morgan fingerprint density at radius 1 is 1.16 bits per heavy atom. The second-order valence-corrected chi connectivity index (χ2v) is 9.14. The molecule has 2 aromatic carbocycles. The average molecular weight is 419 g/mol. The molecule has 31 heavy (non-hydrogen) atoms. The third kappa shape index (κ3) is 4.64. The first-order valence-electron chi connectivity index (χ1n) is 10.8. The summed E-state index contributed by atoms with van der Waals surface area (Å²) in [6.07, 6.45) is 3.05. The highest BCUT2D eigenvalue weighted by molar-refractivity contribution is 5.89.